The average Bonchev–Trinajstić information content (AvgIpc) is 2.38. The predicted molar refractivity (Wildman–Crippen MR) is 65.7 cm³/mol. The van der Waals surface area contributed by atoms with Gasteiger partial charge in [-0.2, -0.15) is 0 Å². The lowest BCUT2D eigenvalue weighted by molar-refractivity contribution is -0.353. The Morgan fingerprint density at radius 2 is 1.90 bits per heavy atom. The van der Waals surface area contributed by atoms with Crippen molar-refractivity contribution in [3.63, 3.8) is 0 Å². The zero-order chi connectivity index (χ0) is 14.8. The smallest absolute Gasteiger partial charge is 0.479 e. The van der Waals surface area contributed by atoms with Crippen molar-refractivity contribution in [2.75, 3.05) is 0 Å². The summed E-state index contributed by atoms with van der Waals surface area (Å²) in [6.07, 6.45) is -1.65. The summed E-state index contributed by atoms with van der Waals surface area (Å²) in [5.41, 5.74) is -1.29. The Morgan fingerprint density at radius 1 is 1.25 bits per heavy atom. The summed E-state index contributed by atoms with van der Waals surface area (Å²) < 4.78 is 41.2. The van der Waals surface area contributed by atoms with Gasteiger partial charge in [0.05, 0.1) is 0 Å². The zero-order valence-electron chi connectivity index (χ0n) is 10.2. The number of benzene rings is 1. The Morgan fingerprint density at radius 3 is 2.45 bits per heavy atom. The van der Waals surface area contributed by atoms with Gasteiger partial charge < -0.3 is 5.11 Å². The molecule has 106 valence electrons. The number of carboxylic acid groups (broad SMARTS) is 1. The predicted octanol–water partition coefficient (Wildman–Crippen LogP) is 3.39. The van der Waals surface area contributed by atoms with Crippen LogP contribution in [0.25, 0.3) is 5.57 Å². The van der Waals surface area contributed by atoms with E-state index < -0.39 is 17.9 Å². The molecule has 0 aliphatic heterocycles. The number of allylic oxidation sites excluding steroid dienone is 2. The molecule has 0 fully saturated rings. The summed E-state index contributed by atoms with van der Waals surface area (Å²) >= 11 is 0. The van der Waals surface area contributed by atoms with Crippen molar-refractivity contribution in [3.8, 4) is 0 Å². The molecule has 0 aromatic heterocycles. The van der Waals surface area contributed by atoms with Gasteiger partial charge in [0.1, 0.15) is 0 Å². The van der Waals surface area contributed by atoms with Crippen molar-refractivity contribution in [2.24, 2.45) is 0 Å². The highest BCUT2D eigenvalue weighted by molar-refractivity contribution is 5.86. The summed E-state index contributed by atoms with van der Waals surface area (Å²) in [6.45, 7) is 0. The molecule has 2 rings (SSSR count). The Hall–Kier alpha value is -2.08. The number of aliphatic carboxylic acids is 1. The van der Waals surface area contributed by atoms with E-state index in [-0.39, 0.29) is 6.42 Å². The number of ether oxygens (including phenoxy) is 1. The van der Waals surface area contributed by atoms with Gasteiger partial charge in [0.15, 0.2) is 5.60 Å². The van der Waals surface area contributed by atoms with Crippen molar-refractivity contribution >= 4 is 11.5 Å². The van der Waals surface area contributed by atoms with Gasteiger partial charge in [-0.15, -0.1) is 13.2 Å². The van der Waals surface area contributed by atoms with Crippen LogP contribution in [0.2, 0.25) is 0 Å². The summed E-state index contributed by atoms with van der Waals surface area (Å²) in [6, 6.07) is 8.61. The lowest BCUT2D eigenvalue weighted by atomic mass is 9.86. The first kappa shape index (κ1) is 14.3. The molecule has 1 aromatic carbocycles. The van der Waals surface area contributed by atoms with Crippen LogP contribution in [0.1, 0.15) is 12.0 Å². The van der Waals surface area contributed by atoms with Crippen molar-refractivity contribution in [3.05, 3.63) is 54.1 Å². The minimum absolute atomic E-state index is 0.387. The Bertz CT molecular complexity index is 561. The molecule has 1 N–H and O–H groups in total. The molecule has 6 heteroatoms. The van der Waals surface area contributed by atoms with Gasteiger partial charge in [-0.1, -0.05) is 42.5 Å². The van der Waals surface area contributed by atoms with Crippen LogP contribution < -0.4 is 0 Å². The quantitative estimate of drug-likeness (QED) is 0.925. The molecule has 0 saturated heterocycles. The van der Waals surface area contributed by atoms with Gasteiger partial charge in [-0.25, -0.2) is 4.79 Å². The van der Waals surface area contributed by atoms with Gasteiger partial charge in [0.2, 0.25) is 0 Å². The van der Waals surface area contributed by atoms with E-state index >= 15 is 0 Å². The van der Waals surface area contributed by atoms with Crippen molar-refractivity contribution in [2.45, 2.75) is 18.4 Å². The van der Waals surface area contributed by atoms with E-state index in [1.165, 1.54) is 6.08 Å². The molecule has 1 aromatic rings. The van der Waals surface area contributed by atoms with Crippen LogP contribution in [0.5, 0.6) is 0 Å². The maximum Gasteiger partial charge on any atom is 0.523 e. The third-order valence-electron chi connectivity index (χ3n) is 2.92. The van der Waals surface area contributed by atoms with E-state index in [1.807, 2.05) is 0 Å². The van der Waals surface area contributed by atoms with Crippen LogP contribution in [-0.2, 0) is 9.53 Å². The molecule has 1 atom stereocenters. The van der Waals surface area contributed by atoms with Crippen LogP contribution in [0.15, 0.2) is 48.6 Å². The van der Waals surface area contributed by atoms with Crippen LogP contribution in [0.4, 0.5) is 13.2 Å². The Balaban J connectivity index is 2.33. The van der Waals surface area contributed by atoms with Crippen LogP contribution in [-0.4, -0.2) is 23.0 Å². The minimum atomic E-state index is -5.03. The minimum Gasteiger partial charge on any atom is -0.479 e. The standard InChI is InChI=1S/C14H11F3O3/c15-14(16,17)20-13(12(18)19)8-4-7-11(9-13)10-5-2-1-3-6-10/h1-8H,9H2,(H,18,19). The molecule has 0 heterocycles. The average molecular weight is 284 g/mol. The van der Waals surface area contributed by atoms with E-state index in [9.17, 15) is 18.0 Å². The van der Waals surface area contributed by atoms with E-state index in [4.69, 9.17) is 5.11 Å². The number of hydrogen-bond donors (Lipinski definition) is 1. The van der Waals surface area contributed by atoms with Gasteiger partial charge in [-0.05, 0) is 17.2 Å². The lowest BCUT2D eigenvalue weighted by Gasteiger charge is -2.30. The number of carboxylic acids is 1. The Kier molecular flexibility index (Phi) is 3.67. The van der Waals surface area contributed by atoms with E-state index in [1.54, 1.807) is 36.4 Å². The fraction of sp³-hybridized carbons (Fsp3) is 0.214. The first-order chi connectivity index (χ1) is 9.32. The van der Waals surface area contributed by atoms with E-state index in [0.717, 1.165) is 6.08 Å². The molecule has 0 radical (unpaired) electrons. The van der Waals surface area contributed by atoms with Gasteiger partial charge in [0.25, 0.3) is 0 Å². The number of alkyl halides is 3. The fourth-order valence-corrected chi connectivity index (χ4v) is 2.04. The first-order valence-corrected chi connectivity index (χ1v) is 5.76. The van der Waals surface area contributed by atoms with Crippen LogP contribution in [0, 0.1) is 0 Å². The third-order valence-corrected chi connectivity index (χ3v) is 2.92. The molecule has 0 spiro atoms. The molecule has 20 heavy (non-hydrogen) atoms. The molecule has 1 unspecified atom stereocenters. The molecule has 1 aliphatic carbocycles. The highest BCUT2D eigenvalue weighted by Gasteiger charge is 2.48. The third kappa shape index (κ3) is 3.08. The molecule has 0 saturated carbocycles. The monoisotopic (exact) mass is 284 g/mol. The largest absolute Gasteiger partial charge is 0.523 e. The van der Waals surface area contributed by atoms with Gasteiger partial charge >= 0.3 is 12.3 Å². The summed E-state index contributed by atoms with van der Waals surface area (Å²) in [4.78, 5) is 11.2. The van der Waals surface area contributed by atoms with Crippen molar-refractivity contribution < 1.29 is 27.8 Å². The summed E-state index contributed by atoms with van der Waals surface area (Å²) in [5, 5.41) is 9.11. The second-order valence-electron chi connectivity index (χ2n) is 4.34. The summed E-state index contributed by atoms with van der Waals surface area (Å²) in [7, 11) is 0. The maximum atomic E-state index is 12.4. The lowest BCUT2D eigenvalue weighted by Crippen LogP contribution is -2.44. The molecule has 3 nitrogen and oxygen atoms in total. The highest BCUT2D eigenvalue weighted by Crippen LogP contribution is 2.37. The van der Waals surface area contributed by atoms with Crippen LogP contribution in [0.3, 0.4) is 0 Å². The van der Waals surface area contributed by atoms with Gasteiger partial charge in [0, 0.05) is 6.42 Å². The maximum absolute atomic E-state index is 12.4. The van der Waals surface area contributed by atoms with E-state index in [0.29, 0.717) is 11.1 Å². The number of rotatable bonds is 3. The second kappa shape index (κ2) is 5.13. The Labute approximate surface area is 113 Å². The van der Waals surface area contributed by atoms with Crippen LogP contribution >= 0.6 is 0 Å². The number of carbonyl (C=O) groups is 1. The number of halogens is 3. The highest BCUT2D eigenvalue weighted by atomic mass is 19.4. The van der Waals surface area contributed by atoms with Crippen molar-refractivity contribution in [1.82, 2.24) is 0 Å². The first-order valence-electron chi connectivity index (χ1n) is 5.76. The SMILES string of the molecule is O=C(O)C1(OC(F)(F)F)C=CC=C(c2ccccc2)C1. The molecule has 0 amide bonds. The van der Waals surface area contributed by atoms with Crippen molar-refractivity contribution in [1.29, 1.82) is 0 Å². The molecule has 1 aliphatic rings. The zero-order valence-corrected chi connectivity index (χ0v) is 10.2. The topological polar surface area (TPSA) is 46.5 Å². The van der Waals surface area contributed by atoms with Gasteiger partial charge in [-0.3, -0.25) is 4.74 Å². The molecular weight excluding hydrogens is 273 g/mol. The summed E-state index contributed by atoms with van der Waals surface area (Å²) in [5.74, 6) is -1.67. The fourth-order valence-electron chi connectivity index (χ4n) is 2.04. The number of hydrogen-bond acceptors (Lipinski definition) is 2. The van der Waals surface area contributed by atoms with E-state index in [2.05, 4.69) is 4.74 Å². The molecular formula is C14H11F3O3. The normalized spacial score (nSPS) is 22.4. The molecule has 0 bridgehead atoms. The second-order valence-corrected chi connectivity index (χ2v) is 4.34.